The van der Waals surface area contributed by atoms with E-state index in [2.05, 4.69) is 0 Å². The molecule has 8 heteroatoms. The Labute approximate surface area is 145 Å². The maximum absolute atomic E-state index is 9.99. The number of phenolic OH excluding ortho intramolecular Hbond substituents is 1. The Kier molecular flexibility index (Phi) is 7.00. The molecule has 0 saturated carbocycles. The number of ether oxygens (including phenoxy) is 2. The zero-order valence-corrected chi connectivity index (χ0v) is 14.0. The van der Waals surface area contributed by atoms with E-state index in [1.54, 1.807) is 19.1 Å². The van der Waals surface area contributed by atoms with E-state index < -0.39 is 43.4 Å². The predicted octanol–water partition coefficient (Wildman–Crippen LogP) is -0.726. The molecule has 1 fully saturated rings. The molecule has 0 radical (unpaired) electrons. The van der Waals surface area contributed by atoms with Gasteiger partial charge >= 0.3 is 0 Å². The summed E-state index contributed by atoms with van der Waals surface area (Å²) >= 11 is 0. The summed E-state index contributed by atoms with van der Waals surface area (Å²) in [4.78, 5) is 0. The van der Waals surface area contributed by atoms with E-state index in [4.69, 9.17) is 9.47 Å². The molecule has 25 heavy (non-hydrogen) atoms. The molecule has 8 nitrogen and oxygen atoms in total. The van der Waals surface area contributed by atoms with Crippen molar-refractivity contribution in [2.24, 2.45) is 0 Å². The predicted molar refractivity (Wildman–Crippen MR) is 87.1 cm³/mol. The van der Waals surface area contributed by atoms with Gasteiger partial charge < -0.3 is 40.1 Å². The molecule has 0 amide bonds. The first-order valence-electron chi connectivity index (χ1n) is 8.30. The lowest BCUT2D eigenvalue weighted by Gasteiger charge is -2.39. The van der Waals surface area contributed by atoms with E-state index in [0.29, 0.717) is 12.8 Å². The average molecular weight is 358 g/mol. The van der Waals surface area contributed by atoms with Gasteiger partial charge in [0.15, 0.2) is 0 Å². The van der Waals surface area contributed by atoms with Crippen LogP contribution < -0.4 is 4.74 Å². The zero-order chi connectivity index (χ0) is 18.6. The summed E-state index contributed by atoms with van der Waals surface area (Å²) < 4.78 is 10.8. The Bertz CT molecular complexity index is 547. The van der Waals surface area contributed by atoms with Crippen molar-refractivity contribution in [2.75, 3.05) is 6.61 Å². The highest BCUT2D eigenvalue weighted by Gasteiger charge is 2.44. The molecular formula is C17H26O8. The first-order chi connectivity index (χ1) is 11.8. The SMILES string of the molecule is C[C@@H](O)CCCc1cc(O)cc(O[C@H]2O[C@H](CO)[C@@H](O)[C@H](O)[C@H]2O)c1. The molecule has 1 aromatic rings. The number of hydrogen-bond acceptors (Lipinski definition) is 8. The molecule has 1 aliphatic rings. The van der Waals surface area contributed by atoms with Gasteiger partial charge in [-0.3, -0.25) is 0 Å². The van der Waals surface area contributed by atoms with Crippen molar-refractivity contribution in [1.29, 1.82) is 0 Å². The average Bonchev–Trinajstić information content (AvgIpc) is 2.54. The number of benzene rings is 1. The van der Waals surface area contributed by atoms with Crippen LogP contribution in [0.2, 0.25) is 0 Å². The lowest BCUT2D eigenvalue weighted by atomic mass is 9.99. The van der Waals surface area contributed by atoms with Gasteiger partial charge in [-0.05, 0) is 43.9 Å². The molecule has 0 bridgehead atoms. The van der Waals surface area contributed by atoms with Crippen LogP contribution >= 0.6 is 0 Å². The first-order valence-corrected chi connectivity index (χ1v) is 8.30. The van der Waals surface area contributed by atoms with Crippen LogP contribution in [0.25, 0.3) is 0 Å². The molecule has 1 saturated heterocycles. The third kappa shape index (κ3) is 5.27. The van der Waals surface area contributed by atoms with Crippen molar-refractivity contribution >= 4 is 0 Å². The highest BCUT2D eigenvalue weighted by atomic mass is 16.7. The van der Waals surface area contributed by atoms with Crippen LogP contribution in [0, 0.1) is 0 Å². The third-order valence-corrected chi connectivity index (χ3v) is 4.14. The summed E-state index contributed by atoms with van der Waals surface area (Å²) in [5, 5.41) is 57.8. The monoisotopic (exact) mass is 358 g/mol. The van der Waals surface area contributed by atoms with Crippen LogP contribution in [0.5, 0.6) is 11.5 Å². The number of hydrogen-bond donors (Lipinski definition) is 6. The molecule has 0 spiro atoms. The van der Waals surface area contributed by atoms with Gasteiger partial charge in [0.2, 0.25) is 6.29 Å². The molecule has 0 aliphatic carbocycles. The van der Waals surface area contributed by atoms with Gasteiger partial charge in [0.25, 0.3) is 0 Å². The quantitative estimate of drug-likeness (QED) is 0.375. The van der Waals surface area contributed by atoms with Crippen molar-refractivity contribution < 1.29 is 40.1 Å². The summed E-state index contributed by atoms with van der Waals surface area (Å²) in [7, 11) is 0. The normalized spacial score (nSPS) is 30.9. The Morgan fingerprint density at radius 1 is 1.12 bits per heavy atom. The highest BCUT2D eigenvalue weighted by molar-refractivity contribution is 5.37. The Balaban J connectivity index is 2.06. The zero-order valence-electron chi connectivity index (χ0n) is 14.0. The summed E-state index contributed by atoms with van der Waals surface area (Å²) in [6.07, 6.45) is -5.31. The Hall–Kier alpha value is -1.42. The molecule has 2 rings (SSSR count). The maximum Gasteiger partial charge on any atom is 0.229 e. The Morgan fingerprint density at radius 2 is 1.84 bits per heavy atom. The van der Waals surface area contributed by atoms with E-state index in [1.807, 2.05) is 0 Å². The fourth-order valence-corrected chi connectivity index (χ4v) is 2.76. The first kappa shape index (κ1) is 19.9. The minimum absolute atomic E-state index is 0.0332. The van der Waals surface area contributed by atoms with Crippen LogP contribution in [0.3, 0.4) is 0 Å². The number of aliphatic hydroxyl groups excluding tert-OH is 5. The van der Waals surface area contributed by atoms with Gasteiger partial charge in [0.1, 0.15) is 35.9 Å². The van der Waals surface area contributed by atoms with Gasteiger partial charge in [-0.1, -0.05) is 0 Å². The molecule has 1 heterocycles. The summed E-state index contributed by atoms with van der Waals surface area (Å²) in [6, 6.07) is 4.56. The molecule has 1 aliphatic heterocycles. The van der Waals surface area contributed by atoms with Gasteiger partial charge in [-0.25, -0.2) is 0 Å². The van der Waals surface area contributed by atoms with Crippen LogP contribution in [0.1, 0.15) is 25.3 Å². The summed E-state index contributed by atoms with van der Waals surface area (Å²) in [5.74, 6) is 0.186. The number of phenols is 1. The number of rotatable bonds is 7. The van der Waals surface area contributed by atoms with Gasteiger partial charge in [-0.2, -0.15) is 0 Å². The van der Waals surface area contributed by atoms with E-state index >= 15 is 0 Å². The largest absolute Gasteiger partial charge is 0.508 e. The molecule has 6 N–H and O–H groups in total. The number of aryl methyl sites for hydroxylation is 1. The van der Waals surface area contributed by atoms with Crippen molar-refractivity contribution in [3.05, 3.63) is 23.8 Å². The minimum atomic E-state index is -1.53. The lowest BCUT2D eigenvalue weighted by Crippen LogP contribution is -2.60. The van der Waals surface area contributed by atoms with Crippen molar-refractivity contribution in [3.8, 4) is 11.5 Å². The van der Waals surface area contributed by atoms with Crippen LogP contribution in [-0.2, 0) is 11.2 Å². The summed E-state index contributed by atoms with van der Waals surface area (Å²) in [6.45, 7) is 1.16. The van der Waals surface area contributed by atoms with Crippen molar-refractivity contribution in [3.63, 3.8) is 0 Å². The third-order valence-electron chi connectivity index (χ3n) is 4.14. The van der Waals surface area contributed by atoms with Crippen LogP contribution in [0.15, 0.2) is 18.2 Å². The fraction of sp³-hybridized carbons (Fsp3) is 0.647. The second-order valence-electron chi connectivity index (χ2n) is 6.39. The smallest absolute Gasteiger partial charge is 0.229 e. The molecule has 0 unspecified atom stereocenters. The van der Waals surface area contributed by atoms with E-state index in [1.165, 1.54) is 6.07 Å². The number of aliphatic hydroxyl groups is 5. The standard InChI is InChI=1S/C17H26O8/c1-9(19)3-2-4-10-5-11(20)7-12(6-10)24-17-16(23)15(22)14(21)13(8-18)25-17/h5-7,9,13-23H,2-4,8H2,1H3/t9-,13-,14-,15+,16-,17+/m1/s1. The fourth-order valence-electron chi connectivity index (χ4n) is 2.76. The summed E-state index contributed by atoms with van der Waals surface area (Å²) in [5.41, 5.74) is 0.778. The van der Waals surface area contributed by atoms with Crippen LogP contribution in [0.4, 0.5) is 0 Å². The van der Waals surface area contributed by atoms with E-state index in [9.17, 15) is 30.6 Å². The van der Waals surface area contributed by atoms with E-state index in [-0.39, 0.29) is 11.5 Å². The molecule has 6 atom stereocenters. The molecule has 0 aromatic heterocycles. The Morgan fingerprint density at radius 3 is 2.48 bits per heavy atom. The molecule has 1 aromatic carbocycles. The maximum atomic E-state index is 9.99. The van der Waals surface area contributed by atoms with Crippen LogP contribution in [-0.4, -0.2) is 74.1 Å². The number of aromatic hydroxyl groups is 1. The minimum Gasteiger partial charge on any atom is -0.508 e. The highest BCUT2D eigenvalue weighted by Crippen LogP contribution is 2.28. The lowest BCUT2D eigenvalue weighted by molar-refractivity contribution is -0.277. The van der Waals surface area contributed by atoms with Gasteiger partial charge in [0.05, 0.1) is 12.7 Å². The second-order valence-corrected chi connectivity index (χ2v) is 6.39. The van der Waals surface area contributed by atoms with Crippen molar-refractivity contribution in [2.45, 2.75) is 63.0 Å². The second kappa shape index (κ2) is 8.79. The molecule has 142 valence electrons. The van der Waals surface area contributed by atoms with E-state index in [0.717, 1.165) is 12.0 Å². The van der Waals surface area contributed by atoms with Gasteiger partial charge in [0, 0.05) is 6.07 Å². The topological polar surface area (TPSA) is 140 Å². The van der Waals surface area contributed by atoms with Crippen molar-refractivity contribution in [1.82, 2.24) is 0 Å². The van der Waals surface area contributed by atoms with Gasteiger partial charge in [-0.15, -0.1) is 0 Å². The molecular weight excluding hydrogens is 332 g/mol.